The molecule has 9 heteroatoms. The van der Waals surface area contributed by atoms with Crippen LogP contribution in [0.4, 0.5) is 85.3 Å². The second-order valence-electron chi connectivity index (χ2n) is 33.6. The average Bonchev–Trinajstić information content (AvgIpc) is 1.65. The maximum Gasteiger partial charge on any atom is 0.264 e. The first-order valence-corrected chi connectivity index (χ1v) is 38.8. The van der Waals surface area contributed by atoms with Gasteiger partial charge in [0.15, 0.2) is 0 Å². The van der Waals surface area contributed by atoms with Gasteiger partial charge in [0.1, 0.15) is 11.5 Å². The van der Waals surface area contributed by atoms with Crippen LogP contribution in [0.25, 0.3) is 10.1 Å². The predicted octanol–water partition coefficient (Wildman–Crippen LogP) is 22.9. The number of ether oxygens (including phenoxy) is 1. The summed E-state index contributed by atoms with van der Waals surface area (Å²) in [6.45, 7) is 33.1. The highest BCUT2D eigenvalue weighted by Gasteiger charge is 2.51. The van der Waals surface area contributed by atoms with Crippen LogP contribution in [-0.4, -0.2) is 13.4 Å². The second-order valence-corrected chi connectivity index (χ2v) is 34.6. The number of fused-ring (bicyclic) bond motifs is 13. The molecule has 4 aliphatic heterocycles. The fourth-order valence-corrected chi connectivity index (χ4v) is 21.1. The lowest BCUT2D eigenvalue weighted by Gasteiger charge is -2.46. The van der Waals surface area contributed by atoms with E-state index in [1.54, 1.807) is 0 Å². The molecule has 0 fully saturated rings. The van der Waals surface area contributed by atoms with Gasteiger partial charge < -0.3 is 29.2 Å². The van der Waals surface area contributed by atoms with Gasteiger partial charge in [-0.25, -0.2) is 0 Å². The SMILES string of the molecule is Cc1ccccc1N(c1cc2c3c(c1)N(c1ccccc1)c1ccccc1B3c1cc3c(cc1O2)N(c1ccccc1)c1cc(N(c2ccccc2C)c2c(C)cccc2C)cc2c1B3c1sc3c4c(ccc3c1N2c1ccc2c(c1)C(C)(C)CCC2(C)C)C(C)(C)CCC4(C)C)c1c(C)cccc1C. The van der Waals surface area contributed by atoms with Gasteiger partial charge in [-0.05, 0) is 245 Å². The molecule has 12 aromatic carbocycles. The third-order valence-corrected chi connectivity index (χ3v) is 26.3. The van der Waals surface area contributed by atoms with Gasteiger partial charge in [-0.1, -0.05) is 207 Å². The zero-order valence-corrected chi connectivity index (χ0v) is 63.9. The molecule has 2 aliphatic carbocycles. The molecule has 19 rings (SSSR count). The molecule has 516 valence electrons. The molecule has 6 nitrogen and oxygen atoms in total. The molecule has 0 bridgehead atoms. The van der Waals surface area contributed by atoms with Crippen molar-refractivity contribution in [1.82, 2.24) is 0 Å². The fourth-order valence-electron chi connectivity index (χ4n) is 19.5. The zero-order valence-electron chi connectivity index (χ0n) is 63.1. The molecular formula is C96H89B2N5OS. The summed E-state index contributed by atoms with van der Waals surface area (Å²) in [5.74, 6) is 1.71. The van der Waals surface area contributed by atoms with Gasteiger partial charge in [0.25, 0.3) is 13.4 Å². The van der Waals surface area contributed by atoms with Crippen LogP contribution in [0, 0.1) is 41.5 Å². The van der Waals surface area contributed by atoms with Crippen LogP contribution in [0.2, 0.25) is 0 Å². The topological polar surface area (TPSA) is 25.4 Å². The average molecular weight is 1380 g/mol. The summed E-state index contributed by atoms with van der Waals surface area (Å²) in [7, 11) is 0. The van der Waals surface area contributed by atoms with Crippen molar-refractivity contribution in [1.29, 1.82) is 0 Å². The van der Waals surface area contributed by atoms with E-state index in [0.29, 0.717) is 0 Å². The highest BCUT2D eigenvalue weighted by atomic mass is 32.1. The number of hydrogen-bond acceptors (Lipinski definition) is 7. The third kappa shape index (κ3) is 9.82. The number of thiophene rings is 1. The molecule has 1 aromatic heterocycles. The summed E-state index contributed by atoms with van der Waals surface area (Å²) in [5, 5.41) is 1.32. The molecule has 0 unspecified atom stereocenters. The van der Waals surface area contributed by atoms with Gasteiger partial charge in [0.05, 0.1) is 28.4 Å². The number of rotatable bonds is 9. The van der Waals surface area contributed by atoms with Gasteiger partial charge in [-0.15, -0.1) is 11.3 Å². The summed E-state index contributed by atoms with van der Waals surface area (Å²) in [6.07, 6.45) is 4.52. The van der Waals surface area contributed by atoms with E-state index in [9.17, 15) is 0 Å². The van der Waals surface area contributed by atoms with Gasteiger partial charge in [0, 0.05) is 83.9 Å². The molecule has 0 atom stereocenters. The highest BCUT2D eigenvalue weighted by molar-refractivity contribution is 7.34. The zero-order chi connectivity index (χ0) is 72.1. The minimum Gasteiger partial charge on any atom is -0.458 e. The number of hydrogen-bond donors (Lipinski definition) is 0. The normalized spacial score (nSPS) is 16.2. The number of aryl methyl sites for hydroxylation is 6. The molecule has 0 radical (unpaired) electrons. The van der Waals surface area contributed by atoms with Crippen LogP contribution < -0.4 is 61.3 Å². The maximum absolute atomic E-state index is 8.02. The lowest BCUT2D eigenvalue weighted by atomic mass is 9.31. The monoisotopic (exact) mass is 1380 g/mol. The highest BCUT2D eigenvalue weighted by Crippen LogP contribution is 2.58. The smallest absolute Gasteiger partial charge is 0.264 e. The van der Waals surface area contributed by atoms with E-state index in [2.05, 4.69) is 369 Å². The lowest BCUT2D eigenvalue weighted by molar-refractivity contribution is 0.332. The van der Waals surface area contributed by atoms with Crippen molar-refractivity contribution in [2.24, 2.45) is 0 Å². The Kier molecular flexibility index (Phi) is 14.6. The minimum atomic E-state index is -0.202. The van der Waals surface area contributed by atoms with Crippen LogP contribution in [0.15, 0.2) is 237 Å². The summed E-state index contributed by atoms with van der Waals surface area (Å²) in [4.78, 5) is 13.0. The Bertz CT molecular complexity index is 5770. The fraction of sp³-hybridized carbons (Fsp3) is 0.229. The summed E-state index contributed by atoms with van der Waals surface area (Å²) < 4.78 is 10.8. The van der Waals surface area contributed by atoms with Crippen LogP contribution >= 0.6 is 11.3 Å². The summed E-state index contributed by atoms with van der Waals surface area (Å²) >= 11 is 2.08. The van der Waals surface area contributed by atoms with E-state index < -0.39 is 0 Å². The standard InChI is InChI=1S/C96H89B2N5OS/c1-58-29-21-24-40-76(58)102(88-60(3)31-27-32-61(88)4)67-52-80-86-81(53-67)101(66-43-45-70-72(51-66)95(11,12)48-47-93(70,7)8)90-69-44-46-71-85(96(13,14)50-49-94(71,9)10)91(69)105-92(90)98(86)74-56-75-83(57-79(74)100(80)65-37-19-16-20-38-65)104-84-55-68(103(77-41-25-22-30-59(77)2)89-62(5)33-28-34-63(89)6)54-82-87(84)97(75)73-39-23-26-42-78(73)99(82)64-35-17-15-18-36-64/h15-46,51-57H,47-50H2,1-14H3. The predicted molar refractivity (Wildman–Crippen MR) is 450 cm³/mol. The van der Waals surface area contributed by atoms with Crippen LogP contribution in [-0.2, 0) is 21.7 Å². The van der Waals surface area contributed by atoms with E-state index in [-0.39, 0.29) is 35.1 Å². The van der Waals surface area contributed by atoms with E-state index in [1.807, 2.05) is 0 Å². The largest absolute Gasteiger partial charge is 0.458 e. The molecule has 0 spiro atoms. The van der Waals surface area contributed by atoms with E-state index in [0.717, 1.165) is 105 Å². The molecule has 0 saturated heterocycles. The van der Waals surface area contributed by atoms with E-state index in [1.165, 1.54) is 115 Å². The van der Waals surface area contributed by atoms with E-state index >= 15 is 0 Å². The molecule has 0 amide bonds. The van der Waals surface area contributed by atoms with Crippen molar-refractivity contribution < 1.29 is 4.74 Å². The van der Waals surface area contributed by atoms with Crippen molar-refractivity contribution >= 4 is 152 Å². The van der Waals surface area contributed by atoms with Crippen LogP contribution in [0.1, 0.15) is 137 Å². The van der Waals surface area contributed by atoms with Crippen LogP contribution in [0.5, 0.6) is 11.5 Å². The Labute approximate surface area is 625 Å². The number of benzene rings is 12. The molecule has 6 aliphatic rings. The van der Waals surface area contributed by atoms with Crippen molar-refractivity contribution in [2.45, 2.75) is 144 Å². The van der Waals surface area contributed by atoms with Gasteiger partial charge in [-0.2, -0.15) is 0 Å². The van der Waals surface area contributed by atoms with Crippen molar-refractivity contribution in [3.05, 3.63) is 292 Å². The third-order valence-electron chi connectivity index (χ3n) is 25.1. The molecule has 13 aromatic rings. The molecule has 0 saturated carbocycles. The van der Waals surface area contributed by atoms with Gasteiger partial charge in [0.2, 0.25) is 0 Å². The van der Waals surface area contributed by atoms with Crippen molar-refractivity contribution in [3.8, 4) is 11.5 Å². The Balaban J connectivity index is 0.948. The quantitative estimate of drug-likeness (QED) is 0.134. The first-order chi connectivity index (χ1) is 50.6. The van der Waals surface area contributed by atoms with Gasteiger partial charge in [-0.3, -0.25) is 0 Å². The summed E-state index contributed by atoms with van der Waals surface area (Å²) in [5.41, 5.74) is 36.3. The van der Waals surface area contributed by atoms with E-state index in [4.69, 9.17) is 4.74 Å². The lowest BCUT2D eigenvalue weighted by Crippen LogP contribution is -2.64. The number of para-hydroxylation sites is 7. The Morgan fingerprint density at radius 2 is 0.838 bits per heavy atom. The minimum absolute atomic E-state index is 0.00501. The maximum atomic E-state index is 8.02. The summed E-state index contributed by atoms with van der Waals surface area (Å²) in [6, 6.07) is 90.5. The number of nitrogens with zero attached hydrogens (tertiary/aromatic N) is 5. The van der Waals surface area contributed by atoms with Crippen molar-refractivity contribution in [3.63, 3.8) is 0 Å². The second kappa shape index (κ2) is 23.5. The molecule has 0 N–H and O–H groups in total. The molecule has 5 heterocycles. The first kappa shape index (κ1) is 65.3. The molecule has 105 heavy (non-hydrogen) atoms. The Morgan fingerprint density at radius 3 is 1.44 bits per heavy atom. The first-order valence-electron chi connectivity index (χ1n) is 38.0. The van der Waals surface area contributed by atoms with Crippen LogP contribution in [0.3, 0.4) is 0 Å². The Hall–Kier alpha value is -10.5. The van der Waals surface area contributed by atoms with Crippen molar-refractivity contribution in [2.75, 3.05) is 24.5 Å². The number of anilines is 15. The molecular weight excluding hydrogens is 1290 g/mol. The van der Waals surface area contributed by atoms with Gasteiger partial charge >= 0.3 is 0 Å². The Morgan fingerprint density at radius 1 is 0.352 bits per heavy atom.